The van der Waals surface area contributed by atoms with Crippen LogP contribution in [0.2, 0.25) is 0 Å². The van der Waals surface area contributed by atoms with Gasteiger partial charge in [0.05, 0.1) is 25.0 Å². The van der Waals surface area contributed by atoms with Crippen molar-refractivity contribution in [2.24, 2.45) is 0 Å². The molecule has 1 heterocycles. The second-order valence-electron chi connectivity index (χ2n) is 3.12. The van der Waals surface area contributed by atoms with Crippen LogP contribution in [0, 0.1) is 5.82 Å². The Morgan fingerprint density at radius 3 is 2.88 bits per heavy atom. The van der Waals surface area contributed by atoms with Crippen molar-refractivity contribution < 1.29 is 14.2 Å². The predicted octanol–water partition coefficient (Wildman–Crippen LogP) is 1.77. The van der Waals surface area contributed by atoms with E-state index in [9.17, 15) is 9.50 Å². The molecule has 1 N–H and O–H groups in total. The molecule has 0 fully saturated rings. The van der Waals surface area contributed by atoms with Gasteiger partial charge < -0.3 is 9.84 Å². The first kappa shape index (κ1) is 11.0. The summed E-state index contributed by atoms with van der Waals surface area (Å²) in [6, 6.07) is 4.28. The molecule has 0 saturated carbocycles. The molecule has 84 valence electrons. The van der Waals surface area contributed by atoms with Gasteiger partial charge >= 0.3 is 0 Å². The lowest BCUT2D eigenvalue weighted by molar-refractivity contribution is 0.211. The third kappa shape index (κ3) is 2.02. The maximum atomic E-state index is 13.6. The Bertz CT molecular complexity index is 476. The van der Waals surface area contributed by atoms with Crippen LogP contribution in [0.25, 0.3) is 0 Å². The Hall–Kier alpha value is -1.53. The zero-order valence-corrected chi connectivity index (χ0v) is 9.24. The van der Waals surface area contributed by atoms with E-state index in [1.54, 1.807) is 6.07 Å². The average molecular weight is 240 g/mol. The van der Waals surface area contributed by atoms with Crippen LogP contribution in [0.15, 0.2) is 24.4 Å². The molecule has 0 aliphatic carbocycles. The van der Waals surface area contributed by atoms with E-state index in [0.717, 1.165) is 11.7 Å². The number of methoxy groups -OCH3 is 1. The van der Waals surface area contributed by atoms with Gasteiger partial charge in [0.25, 0.3) is 0 Å². The standard InChI is InChI=1S/C10H9FN2O2S/c1-15-6-2-3-7(8(11)4-6)10(14)9-5-12-16-13-9/h2-5,10,14H,1H3. The number of hydrogen-bond donors (Lipinski definition) is 1. The molecule has 2 rings (SSSR count). The van der Waals surface area contributed by atoms with Crippen LogP contribution in [0.1, 0.15) is 17.4 Å². The van der Waals surface area contributed by atoms with Crippen LogP contribution in [0.5, 0.6) is 5.75 Å². The Balaban J connectivity index is 2.34. The lowest BCUT2D eigenvalue weighted by Crippen LogP contribution is -2.03. The van der Waals surface area contributed by atoms with Crippen molar-refractivity contribution in [3.8, 4) is 5.75 Å². The van der Waals surface area contributed by atoms with E-state index in [0.29, 0.717) is 11.4 Å². The number of halogens is 1. The minimum atomic E-state index is -1.09. The zero-order chi connectivity index (χ0) is 11.5. The molecule has 0 saturated heterocycles. The molecule has 0 bridgehead atoms. The van der Waals surface area contributed by atoms with Crippen molar-refractivity contribution in [1.82, 2.24) is 8.75 Å². The topological polar surface area (TPSA) is 55.2 Å². The van der Waals surface area contributed by atoms with Crippen LogP contribution in [-0.2, 0) is 0 Å². The van der Waals surface area contributed by atoms with E-state index in [2.05, 4.69) is 8.75 Å². The van der Waals surface area contributed by atoms with E-state index in [1.165, 1.54) is 25.4 Å². The van der Waals surface area contributed by atoms with Gasteiger partial charge in [-0.15, -0.1) is 0 Å². The van der Waals surface area contributed by atoms with Crippen molar-refractivity contribution in [1.29, 1.82) is 0 Å². The summed E-state index contributed by atoms with van der Waals surface area (Å²) in [7, 11) is 1.45. The molecule has 2 aromatic rings. The minimum Gasteiger partial charge on any atom is -0.497 e. The van der Waals surface area contributed by atoms with Crippen LogP contribution in [0.3, 0.4) is 0 Å². The molecule has 0 aliphatic heterocycles. The summed E-state index contributed by atoms with van der Waals surface area (Å²) in [5.41, 5.74) is 0.502. The first-order valence-electron chi connectivity index (χ1n) is 4.51. The van der Waals surface area contributed by atoms with Gasteiger partial charge in [0.2, 0.25) is 0 Å². The highest BCUT2D eigenvalue weighted by molar-refractivity contribution is 6.99. The normalized spacial score (nSPS) is 12.4. The zero-order valence-electron chi connectivity index (χ0n) is 8.42. The maximum absolute atomic E-state index is 13.6. The Kier molecular flexibility index (Phi) is 3.12. The van der Waals surface area contributed by atoms with Gasteiger partial charge in [0, 0.05) is 11.6 Å². The summed E-state index contributed by atoms with van der Waals surface area (Å²) in [4.78, 5) is 0. The third-order valence-corrected chi connectivity index (χ3v) is 2.65. The fourth-order valence-electron chi connectivity index (χ4n) is 1.31. The lowest BCUT2D eigenvalue weighted by Gasteiger charge is -2.09. The monoisotopic (exact) mass is 240 g/mol. The molecule has 0 radical (unpaired) electrons. The summed E-state index contributed by atoms with van der Waals surface area (Å²) in [5.74, 6) is -0.121. The van der Waals surface area contributed by atoms with Crippen molar-refractivity contribution in [3.63, 3.8) is 0 Å². The molecule has 1 atom stereocenters. The Labute approximate surface area is 95.7 Å². The van der Waals surface area contributed by atoms with E-state index >= 15 is 0 Å². The van der Waals surface area contributed by atoms with Crippen LogP contribution >= 0.6 is 11.7 Å². The quantitative estimate of drug-likeness (QED) is 0.888. The average Bonchev–Trinajstić information content (AvgIpc) is 2.81. The first-order chi connectivity index (χ1) is 7.72. The van der Waals surface area contributed by atoms with Gasteiger partial charge in [0.1, 0.15) is 23.4 Å². The van der Waals surface area contributed by atoms with E-state index in [-0.39, 0.29) is 5.56 Å². The van der Waals surface area contributed by atoms with Crippen molar-refractivity contribution in [2.75, 3.05) is 7.11 Å². The fraction of sp³-hybridized carbons (Fsp3) is 0.200. The summed E-state index contributed by atoms with van der Waals surface area (Å²) in [6.07, 6.45) is 0.323. The molecule has 0 amide bonds. The number of rotatable bonds is 3. The molecule has 16 heavy (non-hydrogen) atoms. The van der Waals surface area contributed by atoms with Gasteiger partial charge in [-0.25, -0.2) is 4.39 Å². The molecule has 1 aromatic carbocycles. The molecule has 4 nitrogen and oxygen atoms in total. The largest absolute Gasteiger partial charge is 0.497 e. The molecule has 0 spiro atoms. The number of aromatic nitrogens is 2. The fourth-order valence-corrected chi connectivity index (χ4v) is 1.75. The van der Waals surface area contributed by atoms with Gasteiger partial charge in [0.15, 0.2) is 0 Å². The smallest absolute Gasteiger partial charge is 0.133 e. The SMILES string of the molecule is COc1ccc(C(O)c2cnsn2)c(F)c1. The summed E-state index contributed by atoms with van der Waals surface area (Å²) < 4.78 is 26.1. The second kappa shape index (κ2) is 4.54. The highest BCUT2D eigenvalue weighted by Crippen LogP contribution is 2.25. The molecule has 1 aromatic heterocycles. The number of aliphatic hydroxyl groups is 1. The maximum Gasteiger partial charge on any atom is 0.133 e. The molecule has 1 unspecified atom stereocenters. The summed E-state index contributed by atoms with van der Waals surface area (Å²) in [5, 5.41) is 9.85. The van der Waals surface area contributed by atoms with Crippen molar-refractivity contribution in [2.45, 2.75) is 6.10 Å². The van der Waals surface area contributed by atoms with Crippen LogP contribution in [0.4, 0.5) is 4.39 Å². The Morgan fingerprint density at radius 2 is 2.31 bits per heavy atom. The third-order valence-electron chi connectivity index (χ3n) is 2.16. The van der Waals surface area contributed by atoms with Gasteiger partial charge in [-0.1, -0.05) is 0 Å². The van der Waals surface area contributed by atoms with E-state index < -0.39 is 11.9 Å². The van der Waals surface area contributed by atoms with Crippen molar-refractivity contribution >= 4 is 11.7 Å². The Morgan fingerprint density at radius 1 is 1.50 bits per heavy atom. The second-order valence-corrected chi connectivity index (χ2v) is 3.68. The highest BCUT2D eigenvalue weighted by atomic mass is 32.1. The van der Waals surface area contributed by atoms with Gasteiger partial charge in [-0.05, 0) is 12.1 Å². The summed E-state index contributed by atoms with van der Waals surface area (Å²) >= 11 is 0.969. The highest BCUT2D eigenvalue weighted by Gasteiger charge is 2.17. The molecular weight excluding hydrogens is 231 g/mol. The minimum absolute atomic E-state index is 0.161. The number of hydrogen-bond acceptors (Lipinski definition) is 5. The molecule has 6 heteroatoms. The number of ether oxygens (including phenoxy) is 1. The first-order valence-corrected chi connectivity index (χ1v) is 5.24. The summed E-state index contributed by atoms with van der Waals surface area (Å²) in [6.45, 7) is 0. The number of benzene rings is 1. The van der Waals surface area contributed by atoms with E-state index in [1.807, 2.05) is 0 Å². The molecular formula is C10H9FN2O2S. The van der Waals surface area contributed by atoms with E-state index in [4.69, 9.17) is 4.74 Å². The molecule has 0 aliphatic rings. The van der Waals surface area contributed by atoms with Crippen molar-refractivity contribution in [3.05, 3.63) is 41.5 Å². The van der Waals surface area contributed by atoms with Gasteiger partial charge in [-0.3, -0.25) is 0 Å². The van der Waals surface area contributed by atoms with Gasteiger partial charge in [-0.2, -0.15) is 8.75 Å². The predicted molar refractivity (Wildman–Crippen MR) is 56.9 cm³/mol. The van der Waals surface area contributed by atoms with Crippen LogP contribution < -0.4 is 4.74 Å². The van der Waals surface area contributed by atoms with Crippen LogP contribution in [-0.4, -0.2) is 21.0 Å². The lowest BCUT2D eigenvalue weighted by atomic mass is 10.1. The number of nitrogens with zero attached hydrogens (tertiary/aromatic N) is 2. The number of aliphatic hydroxyl groups excluding tert-OH is 1.